The number of carboxylic acid groups (broad SMARTS) is 1. The number of aliphatic carboxylic acids is 1. The number of hydrogen-bond acceptors (Lipinski definition) is 8. The van der Waals surface area contributed by atoms with Crippen molar-refractivity contribution in [3.63, 3.8) is 0 Å². The molecule has 1 heterocycles. The molecule has 138 valence electrons. The normalized spacial score (nSPS) is 13.8. The van der Waals surface area contributed by atoms with Crippen LogP contribution in [0.25, 0.3) is 0 Å². The van der Waals surface area contributed by atoms with Crippen LogP contribution in [0.1, 0.15) is 38.5 Å². The molecule has 0 radical (unpaired) electrons. The summed E-state index contributed by atoms with van der Waals surface area (Å²) >= 11 is 0. The van der Waals surface area contributed by atoms with Crippen molar-refractivity contribution in [1.29, 1.82) is 0 Å². The Hall–Kier alpha value is -2.04. The van der Waals surface area contributed by atoms with Crippen molar-refractivity contribution in [1.82, 2.24) is 5.06 Å². The molecular weight excluding hydrogens is 326 g/mol. The second kappa shape index (κ2) is 12.4. The Morgan fingerprint density at radius 2 is 1.58 bits per heavy atom. The molecule has 0 bridgehead atoms. The maximum Gasteiger partial charge on any atom is 0.333 e. The van der Waals surface area contributed by atoms with Crippen LogP contribution in [-0.2, 0) is 24.0 Å². The highest BCUT2D eigenvalue weighted by Crippen LogP contribution is 2.12. The van der Waals surface area contributed by atoms with E-state index in [9.17, 15) is 19.2 Å². The number of nitrogens with zero attached hydrogens (tertiary/aromatic N) is 1. The third kappa shape index (κ3) is 9.18. The van der Waals surface area contributed by atoms with Crippen LogP contribution >= 0.6 is 0 Å². The number of hydrogen-bond donors (Lipinski definition) is 4. The summed E-state index contributed by atoms with van der Waals surface area (Å²) in [5, 5.41) is 34.0. The molecule has 2 amide bonds. The maximum absolute atomic E-state index is 11.0. The number of aliphatic hydroxyl groups is 3. The zero-order valence-corrected chi connectivity index (χ0v) is 13.2. The van der Waals surface area contributed by atoms with Gasteiger partial charge in [0.15, 0.2) is 0 Å². The largest absolute Gasteiger partial charge is 0.481 e. The Balaban J connectivity index is 0.000000506. The van der Waals surface area contributed by atoms with Crippen molar-refractivity contribution >= 4 is 23.8 Å². The summed E-state index contributed by atoms with van der Waals surface area (Å²) in [4.78, 5) is 47.4. The second-order valence-electron chi connectivity index (χ2n) is 5.04. The molecule has 0 atom stereocenters. The van der Waals surface area contributed by atoms with Crippen molar-refractivity contribution in [3.8, 4) is 0 Å². The number of rotatable bonds is 9. The SMILES string of the molecule is O=C(O)CCC(=O)ON1C(=O)CCC1=O.OCCCC(CO)CO. The van der Waals surface area contributed by atoms with E-state index in [1.807, 2.05) is 0 Å². The van der Waals surface area contributed by atoms with Crippen molar-refractivity contribution in [2.45, 2.75) is 38.5 Å². The highest BCUT2D eigenvalue weighted by Gasteiger charge is 2.32. The van der Waals surface area contributed by atoms with Gasteiger partial charge >= 0.3 is 11.9 Å². The van der Waals surface area contributed by atoms with E-state index in [0.29, 0.717) is 17.9 Å². The summed E-state index contributed by atoms with van der Waals surface area (Å²) in [5.41, 5.74) is 0. The van der Waals surface area contributed by atoms with Gasteiger partial charge in [0.1, 0.15) is 0 Å². The topological polar surface area (TPSA) is 162 Å². The van der Waals surface area contributed by atoms with Gasteiger partial charge in [-0.2, -0.15) is 0 Å². The predicted molar refractivity (Wildman–Crippen MR) is 78.0 cm³/mol. The lowest BCUT2D eigenvalue weighted by Crippen LogP contribution is -2.32. The Labute approximate surface area is 138 Å². The monoisotopic (exact) mass is 349 g/mol. The van der Waals surface area contributed by atoms with E-state index in [1.165, 1.54) is 0 Å². The van der Waals surface area contributed by atoms with Crippen LogP contribution in [0.15, 0.2) is 0 Å². The maximum atomic E-state index is 11.0. The Morgan fingerprint density at radius 1 is 1.04 bits per heavy atom. The van der Waals surface area contributed by atoms with E-state index in [2.05, 4.69) is 4.84 Å². The minimum absolute atomic E-state index is 0.0104. The van der Waals surface area contributed by atoms with Crippen LogP contribution in [-0.4, -0.2) is 69.1 Å². The van der Waals surface area contributed by atoms with Crippen molar-refractivity contribution in [2.75, 3.05) is 19.8 Å². The quantitative estimate of drug-likeness (QED) is 0.375. The van der Waals surface area contributed by atoms with Crippen LogP contribution in [0.4, 0.5) is 0 Å². The van der Waals surface area contributed by atoms with E-state index in [0.717, 1.165) is 0 Å². The number of hydroxylamine groups is 2. The number of carboxylic acids is 1. The molecule has 1 aliphatic rings. The fraction of sp³-hybridized carbons (Fsp3) is 0.714. The van der Waals surface area contributed by atoms with Gasteiger partial charge in [0.05, 0.1) is 12.8 Å². The van der Waals surface area contributed by atoms with Gasteiger partial charge in [-0.25, -0.2) is 4.79 Å². The molecular formula is C14H23NO9. The summed E-state index contributed by atoms with van der Waals surface area (Å²) in [7, 11) is 0. The predicted octanol–water partition coefficient (Wildman–Crippen LogP) is -1.18. The third-order valence-corrected chi connectivity index (χ3v) is 3.03. The van der Waals surface area contributed by atoms with E-state index < -0.39 is 30.2 Å². The average molecular weight is 349 g/mol. The molecule has 10 heteroatoms. The zero-order chi connectivity index (χ0) is 18.5. The highest BCUT2D eigenvalue weighted by atomic mass is 16.7. The summed E-state index contributed by atoms with van der Waals surface area (Å²) in [6.07, 6.45) is 0.632. The third-order valence-electron chi connectivity index (χ3n) is 3.03. The standard InChI is InChI=1S/C8H9NO6.C6H14O3/c10-5-1-2-6(11)9(5)15-8(14)4-3-7(12)13;7-3-1-2-6(4-8)5-9/h1-4H2,(H,12,13);6-9H,1-5H2. The molecule has 1 fully saturated rings. The molecule has 24 heavy (non-hydrogen) atoms. The Bertz CT molecular complexity index is 418. The smallest absolute Gasteiger partial charge is 0.333 e. The van der Waals surface area contributed by atoms with E-state index in [-0.39, 0.29) is 45.0 Å². The number of amides is 2. The number of imide groups is 1. The lowest BCUT2D eigenvalue weighted by Gasteiger charge is -2.11. The van der Waals surface area contributed by atoms with Crippen LogP contribution in [0.5, 0.6) is 0 Å². The minimum atomic E-state index is -1.15. The summed E-state index contributed by atoms with van der Waals surface area (Å²) in [5.74, 6) is -3.25. The summed E-state index contributed by atoms with van der Waals surface area (Å²) < 4.78 is 0. The first-order valence-electron chi connectivity index (χ1n) is 7.46. The van der Waals surface area contributed by atoms with E-state index in [1.54, 1.807) is 0 Å². The van der Waals surface area contributed by atoms with Crippen molar-refractivity contribution < 1.29 is 44.4 Å². The van der Waals surface area contributed by atoms with Crippen molar-refractivity contribution in [3.05, 3.63) is 0 Å². The first-order chi connectivity index (χ1) is 11.3. The molecule has 1 rings (SSSR count). The lowest BCUT2D eigenvalue weighted by atomic mass is 10.1. The van der Waals surface area contributed by atoms with E-state index >= 15 is 0 Å². The number of carbonyl (C=O) groups excluding carboxylic acids is 3. The molecule has 0 aromatic carbocycles. The van der Waals surface area contributed by atoms with Gasteiger partial charge in [0, 0.05) is 38.6 Å². The van der Waals surface area contributed by atoms with Crippen molar-refractivity contribution in [2.24, 2.45) is 5.92 Å². The average Bonchev–Trinajstić information content (AvgIpc) is 2.86. The van der Waals surface area contributed by atoms with Gasteiger partial charge in [-0.15, -0.1) is 5.06 Å². The molecule has 1 saturated heterocycles. The van der Waals surface area contributed by atoms with Gasteiger partial charge in [0.25, 0.3) is 11.8 Å². The van der Waals surface area contributed by atoms with Crippen LogP contribution < -0.4 is 0 Å². The number of carbonyl (C=O) groups is 4. The Kier molecular flexibility index (Phi) is 11.3. The van der Waals surface area contributed by atoms with Crippen LogP contribution in [0.2, 0.25) is 0 Å². The summed E-state index contributed by atoms with van der Waals surface area (Å²) in [6, 6.07) is 0. The highest BCUT2D eigenvalue weighted by molar-refractivity contribution is 6.01. The molecule has 4 N–H and O–H groups in total. The van der Waals surface area contributed by atoms with Gasteiger partial charge in [-0.1, -0.05) is 0 Å². The fourth-order valence-electron chi connectivity index (χ4n) is 1.63. The van der Waals surface area contributed by atoms with E-state index in [4.69, 9.17) is 20.4 Å². The fourth-order valence-corrected chi connectivity index (χ4v) is 1.63. The Morgan fingerprint density at radius 3 is 2.00 bits per heavy atom. The van der Waals surface area contributed by atoms with Crippen LogP contribution in [0.3, 0.4) is 0 Å². The van der Waals surface area contributed by atoms with Gasteiger partial charge < -0.3 is 25.3 Å². The summed E-state index contributed by atoms with van der Waals surface area (Å²) in [6.45, 7) is 0.156. The molecule has 0 aromatic rings. The molecule has 1 aliphatic heterocycles. The van der Waals surface area contributed by atoms with Crippen LogP contribution in [0, 0.1) is 5.92 Å². The molecule has 0 aromatic heterocycles. The second-order valence-corrected chi connectivity index (χ2v) is 5.04. The van der Waals surface area contributed by atoms with Gasteiger partial charge in [-0.3, -0.25) is 14.4 Å². The molecule has 0 unspecified atom stereocenters. The molecule has 0 saturated carbocycles. The van der Waals surface area contributed by atoms with Gasteiger partial charge in [0.2, 0.25) is 0 Å². The first kappa shape index (κ1) is 22.0. The van der Waals surface area contributed by atoms with Gasteiger partial charge in [-0.05, 0) is 12.8 Å². The minimum Gasteiger partial charge on any atom is -0.481 e. The molecule has 0 spiro atoms. The zero-order valence-electron chi connectivity index (χ0n) is 13.2. The lowest BCUT2D eigenvalue weighted by molar-refractivity contribution is -0.197. The number of aliphatic hydroxyl groups excluding tert-OH is 3. The first-order valence-corrected chi connectivity index (χ1v) is 7.46. The molecule has 10 nitrogen and oxygen atoms in total. The molecule has 0 aliphatic carbocycles.